The van der Waals surface area contributed by atoms with Gasteiger partial charge in [-0.1, -0.05) is 62.7 Å². The Morgan fingerprint density at radius 3 is 2.50 bits per heavy atom. The van der Waals surface area contributed by atoms with Gasteiger partial charge in [0.25, 0.3) is 0 Å². The topological polar surface area (TPSA) is 37.8 Å². The highest BCUT2D eigenvalue weighted by Gasteiger charge is 2.21. The second-order valence-corrected chi connectivity index (χ2v) is 5.81. The van der Waals surface area contributed by atoms with Gasteiger partial charge in [0.1, 0.15) is 17.3 Å². The zero-order valence-corrected chi connectivity index (χ0v) is 12.9. The molecular weight excluding hydrogens is 270 g/mol. The van der Waals surface area contributed by atoms with Crippen LogP contribution in [-0.2, 0) is 11.8 Å². The molecule has 1 N–H and O–H groups in total. The number of rotatable bonds is 5. The van der Waals surface area contributed by atoms with Crippen LogP contribution in [0.3, 0.4) is 0 Å². The first-order chi connectivity index (χ1) is 9.54. The smallest absolute Gasteiger partial charge is 0.137 e. The SMILES string of the molecule is CCc1c(Cl)ncnc1NCC(C)(C)c1ccccc1. The monoisotopic (exact) mass is 289 g/mol. The summed E-state index contributed by atoms with van der Waals surface area (Å²) in [6.45, 7) is 7.27. The first kappa shape index (κ1) is 14.8. The third kappa shape index (κ3) is 3.28. The summed E-state index contributed by atoms with van der Waals surface area (Å²) in [7, 11) is 0. The Labute approximate surface area is 125 Å². The van der Waals surface area contributed by atoms with Gasteiger partial charge >= 0.3 is 0 Å². The summed E-state index contributed by atoms with van der Waals surface area (Å²) in [5.41, 5.74) is 2.28. The maximum Gasteiger partial charge on any atom is 0.137 e. The molecule has 0 spiro atoms. The van der Waals surface area contributed by atoms with E-state index in [1.807, 2.05) is 6.07 Å². The predicted octanol–water partition coefficient (Wildman–Crippen LogP) is 4.08. The summed E-state index contributed by atoms with van der Waals surface area (Å²) < 4.78 is 0. The molecule has 0 aliphatic rings. The highest BCUT2D eigenvalue weighted by Crippen LogP contribution is 2.25. The highest BCUT2D eigenvalue weighted by molar-refractivity contribution is 6.30. The molecule has 1 aromatic carbocycles. The fourth-order valence-corrected chi connectivity index (χ4v) is 2.42. The Morgan fingerprint density at radius 1 is 1.15 bits per heavy atom. The molecular formula is C16H20ClN3. The molecule has 106 valence electrons. The van der Waals surface area contributed by atoms with Gasteiger partial charge in [-0.25, -0.2) is 9.97 Å². The lowest BCUT2D eigenvalue weighted by Gasteiger charge is -2.26. The minimum Gasteiger partial charge on any atom is -0.369 e. The number of hydrogen-bond donors (Lipinski definition) is 1. The third-order valence-electron chi connectivity index (χ3n) is 3.50. The van der Waals surface area contributed by atoms with Crippen LogP contribution >= 0.6 is 11.6 Å². The van der Waals surface area contributed by atoms with E-state index >= 15 is 0 Å². The fraction of sp³-hybridized carbons (Fsp3) is 0.375. The normalized spacial score (nSPS) is 11.4. The van der Waals surface area contributed by atoms with Gasteiger partial charge < -0.3 is 5.32 Å². The Morgan fingerprint density at radius 2 is 1.85 bits per heavy atom. The van der Waals surface area contributed by atoms with Gasteiger partial charge in [-0.15, -0.1) is 0 Å². The second kappa shape index (κ2) is 6.23. The zero-order chi connectivity index (χ0) is 14.6. The molecule has 1 aromatic heterocycles. The molecule has 2 rings (SSSR count). The lowest BCUT2D eigenvalue weighted by Crippen LogP contribution is -2.28. The lowest BCUT2D eigenvalue weighted by molar-refractivity contribution is 0.556. The van der Waals surface area contributed by atoms with Crippen LogP contribution in [0.15, 0.2) is 36.7 Å². The molecule has 0 amide bonds. The van der Waals surface area contributed by atoms with Crippen molar-refractivity contribution in [2.75, 3.05) is 11.9 Å². The Hall–Kier alpha value is -1.61. The molecule has 0 atom stereocenters. The van der Waals surface area contributed by atoms with Crippen LogP contribution in [0.25, 0.3) is 0 Å². The van der Waals surface area contributed by atoms with Crippen LogP contribution in [0.5, 0.6) is 0 Å². The molecule has 0 bridgehead atoms. The highest BCUT2D eigenvalue weighted by atomic mass is 35.5. The van der Waals surface area contributed by atoms with Crippen LogP contribution in [-0.4, -0.2) is 16.5 Å². The van der Waals surface area contributed by atoms with Crippen molar-refractivity contribution in [2.24, 2.45) is 0 Å². The second-order valence-electron chi connectivity index (χ2n) is 5.45. The molecule has 0 aliphatic heterocycles. The van der Waals surface area contributed by atoms with Gasteiger partial charge in [-0.05, 0) is 12.0 Å². The van der Waals surface area contributed by atoms with Crippen molar-refractivity contribution in [3.8, 4) is 0 Å². The summed E-state index contributed by atoms with van der Waals surface area (Å²) >= 11 is 6.11. The minimum absolute atomic E-state index is 0.0176. The average molecular weight is 290 g/mol. The molecule has 0 unspecified atom stereocenters. The number of anilines is 1. The van der Waals surface area contributed by atoms with Crippen LogP contribution in [0.2, 0.25) is 5.15 Å². The Balaban J connectivity index is 2.15. The van der Waals surface area contributed by atoms with Crippen LogP contribution < -0.4 is 5.32 Å². The van der Waals surface area contributed by atoms with E-state index in [0.717, 1.165) is 24.3 Å². The van der Waals surface area contributed by atoms with Gasteiger partial charge in [0.2, 0.25) is 0 Å². The van der Waals surface area contributed by atoms with Gasteiger partial charge in [0.05, 0.1) is 0 Å². The summed E-state index contributed by atoms with van der Waals surface area (Å²) in [6.07, 6.45) is 2.31. The molecule has 20 heavy (non-hydrogen) atoms. The number of aromatic nitrogens is 2. The lowest BCUT2D eigenvalue weighted by atomic mass is 9.84. The summed E-state index contributed by atoms with van der Waals surface area (Å²) in [5, 5.41) is 3.94. The van der Waals surface area contributed by atoms with Crippen molar-refractivity contribution >= 4 is 17.4 Å². The van der Waals surface area contributed by atoms with E-state index in [1.54, 1.807) is 0 Å². The molecule has 0 radical (unpaired) electrons. The molecule has 3 nitrogen and oxygen atoms in total. The zero-order valence-electron chi connectivity index (χ0n) is 12.2. The van der Waals surface area contributed by atoms with Gasteiger partial charge in [0, 0.05) is 17.5 Å². The van der Waals surface area contributed by atoms with Crippen molar-refractivity contribution in [3.63, 3.8) is 0 Å². The van der Waals surface area contributed by atoms with Gasteiger partial charge in [-0.3, -0.25) is 0 Å². The van der Waals surface area contributed by atoms with Crippen molar-refractivity contribution in [3.05, 3.63) is 52.9 Å². The van der Waals surface area contributed by atoms with E-state index in [2.05, 4.69) is 60.3 Å². The number of benzene rings is 1. The average Bonchev–Trinajstić information content (AvgIpc) is 2.46. The number of nitrogens with one attached hydrogen (secondary N) is 1. The number of nitrogens with zero attached hydrogens (tertiary/aromatic N) is 2. The van der Waals surface area contributed by atoms with E-state index in [-0.39, 0.29) is 5.41 Å². The van der Waals surface area contributed by atoms with Crippen LogP contribution in [0, 0.1) is 0 Å². The third-order valence-corrected chi connectivity index (χ3v) is 3.83. The maximum atomic E-state index is 6.11. The van der Waals surface area contributed by atoms with E-state index in [1.165, 1.54) is 11.9 Å². The van der Waals surface area contributed by atoms with Gasteiger partial charge in [0.15, 0.2) is 0 Å². The molecule has 0 saturated carbocycles. The molecule has 0 saturated heterocycles. The van der Waals surface area contributed by atoms with Crippen LogP contribution in [0.4, 0.5) is 5.82 Å². The maximum absolute atomic E-state index is 6.11. The van der Waals surface area contributed by atoms with Crippen molar-refractivity contribution in [1.82, 2.24) is 9.97 Å². The van der Waals surface area contributed by atoms with Crippen LogP contribution in [0.1, 0.15) is 31.9 Å². The first-order valence-electron chi connectivity index (χ1n) is 6.83. The largest absolute Gasteiger partial charge is 0.369 e. The minimum atomic E-state index is 0.0176. The van der Waals surface area contributed by atoms with E-state index < -0.39 is 0 Å². The summed E-state index contributed by atoms with van der Waals surface area (Å²) in [5.74, 6) is 0.830. The molecule has 0 aliphatic carbocycles. The molecule has 4 heteroatoms. The summed E-state index contributed by atoms with van der Waals surface area (Å²) in [6, 6.07) is 10.5. The molecule has 2 aromatic rings. The van der Waals surface area contributed by atoms with Crippen molar-refractivity contribution < 1.29 is 0 Å². The van der Waals surface area contributed by atoms with Crippen molar-refractivity contribution in [2.45, 2.75) is 32.6 Å². The standard InChI is InChI=1S/C16H20ClN3/c1-4-13-14(17)19-11-20-15(13)18-10-16(2,3)12-8-6-5-7-9-12/h5-9,11H,4,10H2,1-3H3,(H,18,19,20). The quantitative estimate of drug-likeness (QED) is 0.843. The first-order valence-corrected chi connectivity index (χ1v) is 7.21. The van der Waals surface area contributed by atoms with E-state index in [4.69, 9.17) is 11.6 Å². The fourth-order valence-electron chi connectivity index (χ4n) is 2.15. The Kier molecular flexibility index (Phi) is 4.61. The van der Waals surface area contributed by atoms with Gasteiger partial charge in [-0.2, -0.15) is 0 Å². The number of halogens is 1. The summed E-state index contributed by atoms with van der Waals surface area (Å²) in [4.78, 5) is 8.33. The van der Waals surface area contributed by atoms with E-state index in [9.17, 15) is 0 Å². The van der Waals surface area contributed by atoms with E-state index in [0.29, 0.717) is 5.15 Å². The number of hydrogen-bond acceptors (Lipinski definition) is 3. The predicted molar refractivity (Wildman–Crippen MR) is 84.4 cm³/mol. The molecule has 0 fully saturated rings. The molecule has 1 heterocycles. The Bertz CT molecular complexity index is 567. The van der Waals surface area contributed by atoms with Crippen molar-refractivity contribution in [1.29, 1.82) is 0 Å².